The van der Waals surface area contributed by atoms with Gasteiger partial charge in [-0.1, -0.05) is 27.2 Å². The number of hydrogen-bond acceptors (Lipinski definition) is 2. The minimum Gasteiger partial charge on any atom is -0.352 e. The molecule has 1 rings (SSSR count). The van der Waals surface area contributed by atoms with Crippen LogP contribution in [0.4, 0.5) is 0 Å². The Kier molecular flexibility index (Phi) is 4.02. The lowest BCUT2D eigenvalue weighted by molar-refractivity contribution is -0.219. The Morgan fingerprint density at radius 2 is 1.83 bits per heavy atom. The summed E-state index contributed by atoms with van der Waals surface area (Å²) in [6.07, 6.45) is 2.49. The van der Waals surface area contributed by atoms with Crippen molar-refractivity contribution in [1.82, 2.24) is 0 Å². The van der Waals surface area contributed by atoms with Crippen molar-refractivity contribution in [2.75, 3.05) is 13.2 Å². The normalized spacial score (nSPS) is 31.0. The van der Waals surface area contributed by atoms with Crippen LogP contribution in [0, 0.1) is 11.8 Å². The third kappa shape index (κ3) is 2.76. The first-order valence-corrected chi connectivity index (χ1v) is 4.97. The molecule has 2 nitrogen and oxygen atoms in total. The van der Waals surface area contributed by atoms with Crippen LogP contribution in [0.2, 0.25) is 0 Å². The average Bonchev–Trinajstić information content (AvgIpc) is 2.06. The fraction of sp³-hybridized carbons (Fsp3) is 1.00. The molecule has 0 amide bonds. The van der Waals surface area contributed by atoms with E-state index < -0.39 is 0 Å². The largest absolute Gasteiger partial charge is 0.352 e. The van der Waals surface area contributed by atoms with Crippen molar-refractivity contribution >= 4 is 0 Å². The van der Waals surface area contributed by atoms with Crippen LogP contribution >= 0.6 is 0 Å². The standard InChI is InChI=1S/C10H20O2/c1-4-5-9-6-11-10(8(2)3)12-7-9/h8-10H,4-7H2,1-3H3. The van der Waals surface area contributed by atoms with Gasteiger partial charge in [0.25, 0.3) is 0 Å². The van der Waals surface area contributed by atoms with Gasteiger partial charge < -0.3 is 9.47 Å². The van der Waals surface area contributed by atoms with Crippen LogP contribution < -0.4 is 0 Å². The van der Waals surface area contributed by atoms with Gasteiger partial charge in [0, 0.05) is 11.8 Å². The summed E-state index contributed by atoms with van der Waals surface area (Å²) < 4.78 is 11.2. The van der Waals surface area contributed by atoms with E-state index in [-0.39, 0.29) is 6.29 Å². The van der Waals surface area contributed by atoms with Crippen LogP contribution in [0.5, 0.6) is 0 Å². The van der Waals surface area contributed by atoms with Gasteiger partial charge in [0.05, 0.1) is 13.2 Å². The summed E-state index contributed by atoms with van der Waals surface area (Å²) in [5, 5.41) is 0. The molecular formula is C10H20O2. The summed E-state index contributed by atoms with van der Waals surface area (Å²) in [5.74, 6) is 1.11. The highest BCUT2D eigenvalue weighted by Gasteiger charge is 2.23. The molecule has 0 N–H and O–H groups in total. The molecule has 0 aliphatic carbocycles. The van der Waals surface area contributed by atoms with Crippen molar-refractivity contribution in [3.63, 3.8) is 0 Å². The smallest absolute Gasteiger partial charge is 0.159 e. The molecule has 0 saturated carbocycles. The zero-order chi connectivity index (χ0) is 8.97. The van der Waals surface area contributed by atoms with Crippen LogP contribution in [0.1, 0.15) is 33.6 Å². The lowest BCUT2D eigenvalue weighted by atomic mass is 10.0. The maximum Gasteiger partial charge on any atom is 0.159 e. The van der Waals surface area contributed by atoms with E-state index in [1.165, 1.54) is 12.8 Å². The minimum absolute atomic E-state index is 0.0399. The van der Waals surface area contributed by atoms with Crippen molar-refractivity contribution in [2.45, 2.75) is 39.9 Å². The highest BCUT2D eigenvalue weighted by Crippen LogP contribution is 2.19. The third-order valence-electron chi connectivity index (χ3n) is 2.23. The lowest BCUT2D eigenvalue weighted by Crippen LogP contribution is -2.35. The predicted octanol–water partition coefficient (Wildman–Crippen LogP) is 2.43. The molecule has 0 unspecified atom stereocenters. The van der Waals surface area contributed by atoms with Crippen LogP contribution in [0.3, 0.4) is 0 Å². The molecule has 1 aliphatic rings. The zero-order valence-electron chi connectivity index (χ0n) is 8.38. The Labute approximate surface area is 75.2 Å². The Hall–Kier alpha value is -0.0800. The number of rotatable bonds is 3. The van der Waals surface area contributed by atoms with E-state index in [4.69, 9.17) is 9.47 Å². The van der Waals surface area contributed by atoms with E-state index in [1.807, 2.05) is 0 Å². The minimum atomic E-state index is 0.0399. The van der Waals surface area contributed by atoms with Gasteiger partial charge in [-0.3, -0.25) is 0 Å². The quantitative estimate of drug-likeness (QED) is 0.651. The molecule has 0 spiro atoms. The highest BCUT2D eigenvalue weighted by molar-refractivity contribution is 4.64. The lowest BCUT2D eigenvalue weighted by Gasteiger charge is -2.31. The molecule has 1 heterocycles. The summed E-state index contributed by atoms with van der Waals surface area (Å²) in [7, 11) is 0. The second kappa shape index (κ2) is 4.83. The van der Waals surface area contributed by atoms with Crippen LogP contribution in [0.25, 0.3) is 0 Å². The molecule has 0 radical (unpaired) electrons. The third-order valence-corrected chi connectivity index (χ3v) is 2.23. The van der Waals surface area contributed by atoms with E-state index in [1.54, 1.807) is 0 Å². The van der Waals surface area contributed by atoms with E-state index in [0.29, 0.717) is 11.8 Å². The first-order chi connectivity index (χ1) is 5.74. The van der Waals surface area contributed by atoms with E-state index in [9.17, 15) is 0 Å². The van der Waals surface area contributed by atoms with Gasteiger partial charge in [-0.15, -0.1) is 0 Å². The summed E-state index contributed by atoms with van der Waals surface area (Å²) >= 11 is 0. The first kappa shape index (κ1) is 10.0. The Morgan fingerprint density at radius 3 is 2.25 bits per heavy atom. The fourth-order valence-electron chi connectivity index (χ4n) is 1.52. The molecule has 1 fully saturated rings. The molecule has 0 aromatic rings. The maximum absolute atomic E-state index is 5.58. The molecule has 1 saturated heterocycles. The molecule has 12 heavy (non-hydrogen) atoms. The topological polar surface area (TPSA) is 18.5 Å². The van der Waals surface area contributed by atoms with Crippen molar-refractivity contribution in [1.29, 1.82) is 0 Å². The predicted molar refractivity (Wildman–Crippen MR) is 48.9 cm³/mol. The summed E-state index contributed by atoms with van der Waals surface area (Å²) in [5.41, 5.74) is 0. The van der Waals surface area contributed by atoms with Crippen molar-refractivity contribution in [2.24, 2.45) is 11.8 Å². The Morgan fingerprint density at radius 1 is 1.25 bits per heavy atom. The van der Waals surface area contributed by atoms with Crippen molar-refractivity contribution in [3.05, 3.63) is 0 Å². The molecule has 72 valence electrons. The van der Waals surface area contributed by atoms with E-state index in [0.717, 1.165) is 13.2 Å². The first-order valence-electron chi connectivity index (χ1n) is 4.97. The van der Waals surface area contributed by atoms with Gasteiger partial charge in [0.1, 0.15) is 0 Å². The summed E-state index contributed by atoms with van der Waals surface area (Å²) in [6.45, 7) is 8.23. The van der Waals surface area contributed by atoms with Crippen LogP contribution in [0.15, 0.2) is 0 Å². The number of ether oxygens (including phenoxy) is 2. The second-order valence-corrected chi connectivity index (χ2v) is 3.93. The summed E-state index contributed by atoms with van der Waals surface area (Å²) in [6, 6.07) is 0. The van der Waals surface area contributed by atoms with Gasteiger partial charge in [-0.25, -0.2) is 0 Å². The maximum atomic E-state index is 5.58. The zero-order valence-corrected chi connectivity index (χ0v) is 8.38. The average molecular weight is 172 g/mol. The second-order valence-electron chi connectivity index (χ2n) is 3.93. The van der Waals surface area contributed by atoms with Gasteiger partial charge in [0.2, 0.25) is 0 Å². The summed E-state index contributed by atoms with van der Waals surface area (Å²) in [4.78, 5) is 0. The van der Waals surface area contributed by atoms with Gasteiger partial charge in [-0.05, 0) is 6.42 Å². The Balaban J connectivity index is 2.20. The van der Waals surface area contributed by atoms with Crippen LogP contribution in [-0.4, -0.2) is 19.5 Å². The molecule has 0 bridgehead atoms. The Bertz CT molecular complexity index is 115. The molecule has 0 aromatic carbocycles. The number of hydrogen-bond donors (Lipinski definition) is 0. The molecule has 0 atom stereocenters. The van der Waals surface area contributed by atoms with Gasteiger partial charge in [0.15, 0.2) is 6.29 Å². The fourth-order valence-corrected chi connectivity index (χ4v) is 1.52. The van der Waals surface area contributed by atoms with E-state index in [2.05, 4.69) is 20.8 Å². The SMILES string of the molecule is CCCC1COC(C(C)C)OC1. The van der Waals surface area contributed by atoms with Crippen molar-refractivity contribution < 1.29 is 9.47 Å². The molecule has 2 heteroatoms. The van der Waals surface area contributed by atoms with Crippen molar-refractivity contribution in [3.8, 4) is 0 Å². The molecule has 1 aliphatic heterocycles. The molecule has 0 aromatic heterocycles. The van der Waals surface area contributed by atoms with Gasteiger partial charge in [-0.2, -0.15) is 0 Å². The monoisotopic (exact) mass is 172 g/mol. The highest BCUT2D eigenvalue weighted by atomic mass is 16.7. The molecular weight excluding hydrogens is 152 g/mol. The van der Waals surface area contributed by atoms with Gasteiger partial charge >= 0.3 is 0 Å². The van der Waals surface area contributed by atoms with E-state index >= 15 is 0 Å². The van der Waals surface area contributed by atoms with Crippen LogP contribution in [-0.2, 0) is 9.47 Å².